The molecule has 0 saturated carbocycles. The summed E-state index contributed by atoms with van der Waals surface area (Å²) in [4.78, 5) is 35.1. The minimum atomic E-state index is -1.39. The lowest BCUT2D eigenvalue weighted by Crippen LogP contribution is -2.13. The maximum atomic E-state index is 10.8. The Balaban J connectivity index is 2.25. The fourth-order valence-corrected chi connectivity index (χ4v) is 1.69. The second kappa shape index (κ2) is 6.91. The molecule has 0 aliphatic rings. The van der Waals surface area contributed by atoms with Crippen LogP contribution in [0, 0.1) is 10.1 Å². The monoisotopic (exact) mass is 334 g/mol. The predicted molar refractivity (Wildman–Crippen MR) is 80.7 cm³/mol. The van der Waals surface area contributed by atoms with Crippen molar-refractivity contribution in [1.82, 2.24) is 4.98 Å². The zero-order chi connectivity index (χ0) is 17.7. The Hall–Kier alpha value is -3.89. The highest BCUT2D eigenvalue weighted by Gasteiger charge is 2.11. The first kappa shape index (κ1) is 16.5. The van der Waals surface area contributed by atoms with Crippen LogP contribution in [0.15, 0.2) is 36.5 Å². The van der Waals surface area contributed by atoms with Crippen molar-refractivity contribution in [2.45, 2.75) is 0 Å². The number of hydrogen-bond donors (Lipinski definition) is 4. The molecule has 24 heavy (non-hydrogen) atoms. The highest BCUT2D eigenvalue weighted by atomic mass is 16.6. The normalized spacial score (nSPS) is 9.83. The van der Waals surface area contributed by atoms with Crippen LogP contribution in [0.3, 0.4) is 0 Å². The lowest BCUT2D eigenvalue weighted by atomic mass is 10.2. The molecule has 4 N–H and O–H groups in total. The van der Waals surface area contributed by atoms with Gasteiger partial charge in [-0.05, 0) is 12.1 Å². The van der Waals surface area contributed by atoms with E-state index in [4.69, 9.17) is 14.9 Å². The number of nitro groups is 1. The van der Waals surface area contributed by atoms with Gasteiger partial charge in [-0.1, -0.05) is 0 Å². The lowest BCUT2D eigenvalue weighted by Gasteiger charge is -2.11. The quantitative estimate of drug-likeness (QED) is 0.478. The Kier molecular flexibility index (Phi) is 4.75. The topological polar surface area (TPSA) is 164 Å². The van der Waals surface area contributed by atoms with E-state index in [0.717, 1.165) is 6.20 Å². The third kappa shape index (κ3) is 4.30. The third-order valence-corrected chi connectivity index (χ3v) is 2.63. The fraction of sp³-hybridized carbons (Fsp3) is 0. The summed E-state index contributed by atoms with van der Waals surface area (Å²) in [6.07, 6.45) is -1.75. The van der Waals surface area contributed by atoms with E-state index in [1.54, 1.807) is 0 Å². The average molecular weight is 334 g/mol. The van der Waals surface area contributed by atoms with Gasteiger partial charge in [0.1, 0.15) is 11.9 Å². The summed E-state index contributed by atoms with van der Waals surface area (Å²) in [5, 5.41) is 32.1. The van der Waals surface area contributed by atoms with Crippen molar-refractivity contribution >= 4 is 29.2 Å². The molecule has 0 fully saturated rings. The number of ether oxygens (including phenoxy) is 1. The van der Waals surface area contributed by atoms with Crippen LogP contribution in [0.4, 0.5) is 26.7 Å². The Labute approximate surface area is 133 Å². The van der Waals surface area contributed by atoms with Crippen LogP contribution in [0.2, 0.25) is 0 Å². The van der Waals surface area contributed by atoms with Gasteiger partial charge in [0.05, 0.1) is 16.3 Å². The van der Waals surface area contributed by atoms with E-state index in [1.807, 2.05) is 10.6 Å². The highest BCUT2D eigenvalue weighted by Crippen LogP contribution is 2.30. The molecule has 1 aromatic carbocycles. The van der Waals surface area contributed by atoms with Crippen molar-refractivity contribution in [1.29, 1.82) is 0 Å². The lowest BCUT2D eigenvalue weighted by molar-refractivity contribution is -0.385. The van der Waals surface area contributed by atoms with E-state index in [2.05, 4.69) is 4.98 Å². The number of carbonyl (C=O) groups is 2. The van der Waals surface area contributed by atoms with Gasteiger partial charge >= 0.3 is 12.2 Å². The molecule has 2 amide bonds. The van der Waals surface area contributed by atoms with Crippen LogP contribution in [0.1, 0.15) is 0 Å². The fourth-order valence-electron chi connectivity index (χ4n) is 1.69. The van der Waals surface area contributed by atoms with Gasteiger partial charge in [0.25, 0.3) is 5.69 Å². The number of amides is 2. The Bertz CT molecular complexity index is 791. The van der Waals surface area contributed by atoms with E-state index < -0.39 is 17.1 Å². The largest absolute Gasteiger partial charge is 0.465 e. The van der Waals surface area contributed by atoms with Crippen molar-refractivity contribution in [3.8, 4) is 11.6 Å². The number of benzene rings is 1. The summed E-state index contributed by atoms with van der Waals surface area (Å²) in [7, 11) is 0. The first-order valence-electron chi connectivity index (χ1n) is 6.27. The minimum absolute atomic E-state index is 0.00825. The number of pyridine rings is 1. The minimum Gasteiger partial charge on any atom is -0.465 e. The van der Waals surface area contributed by atoms with Gasteiger partial charge in [0.15, 0.2) is 0 Å². The Morgan fingerprint density at radius 3 is 2.29 bits per heavy atom. The number of nitrogens with zero attached hydrogens (tertiary/aromatic N) is 2. The second-order valence-corrected chi connectivity index (χ2v) is 4.28. The van der Waals surface area contributed by atoms with E-state index in [0.29, 0.717) is 0 Å². The third-order valence-electron chi connectivity index (χ3n) is 2.63. The maximum Gasteiger partial charge on any atom is 0.409 e. The number of hydrogen-bond acceptors (Lipinski definition) is 6. The smallest absolute Gasteiger partial charge is 0.409 e. The first-order chi connectivity index (χ1) is 11.3. The summed E-state index contributed by atoms with van der Waals surface area (Å²) in [6.45, 7) is 0. The molecule has 124 valence electrons. The van der Waals surface area contributed by atoms with E-state index in [1.165, 1.54) is 30.3 Å². The number of rotatable bonds is 5. The molecule has 2 rings (SSSR count). The SMILES string of the molecule is O=C(O)Nc1ccc(Oc2ccc([N+](=O)[O-])cn2)cc1NC(=O)O. The Morgan fingerprint density at radius 1 is 1.08 bits per heavy atom. The summed E-state index contributed by atoms with van der Waals surface area (Å²) in [5.74, 6) is 0.192. The average Bonchev–Trinajstić information content (AvgIpc) is 2.49. The van der Waals surface area contributed by atoms with Gasteiger partial charge in [-0.2, -0.15) is 0 Å². The predicted octanol–water partition coefficient (Wildman–Crippen LogP) is 2.96. The van der Waals surface area contributed by atoms with Gasteiger partial charge in [-0.3, -0.25) is 20.7 Å². The molecule has 2 aromatic rings. The zero-order valence-corrected chi connectivity index (χ0v) is 11.8. The van der Waals surface area contributed by atoms with Crippen LogP contribution in [-0.2, 0) is 0 Å². The molecule has 0 bridgehead atoms. The molecular weight excluding hydrogens is 324 g/mol. The Morgan fingerprint density at radius 2 is 1.75 bits per heavy atom. The molecule has 1 heterocycles. The zero-order valence-electron chi connectivity index (χ0n) is 11.8. The summed E-state index contributed by atoms with van der Waals surface area (Å²) >= 11 is 0. The standard InChI is InChI=1S/C13H10N4O7/c18-12(19)15-9-3-2-8(5-10(9)16-13(20)21)24-11-4-1-7(6-14-11)17(22)23/h1-6,15-16H,(H,18,19)(H,20,21). The van der Waals surface area contributed by atoms with Gasteiger partial charge < -0.3 is 14.9 Å². The molecule has 11 nitrogen and oxygen atoms in total. The van der Waals surface area contributed by atoms with Crippen LogP contribution >= 0.6 is 0 Å². The molecule has 0 aliphatic heterocycles. The number of nitrogens with one attached hydrogen (secondary N) is 2. The van der Waals surface area contributed by atoms with Crippen LogP contribution < -0.4 is 15.4 Å². The first-order valence-corrected chi connectivity index (χ1v) is 6.27. The van der Waals surface area contributed by atoms with Gasteiger partial charge in [0.2, 0.25) is 5.88 Å². The summed E-state index contributed by atoms with van der Waals surface area (Å²) in [5.41, 5.74) is -0.255. The van der Waals surface area contributed by atoms with Crippen molar-refractivity contribution in [2.75, 3.05) is 10.6 Å². The van der Waals surface area contributed by atoms with Crippen LogP contribution in [-0.4, -0.2) is 32.3 Å². The molecule has 0 spiro atoms. The molecule has 0 aliphatic carbocycles. The van der Waals surface area contributed by atoms with Crippen molar-refractivity contribution in [2.24, 2.45) is 0 Å². The van der Waals surface area contributed by atoms with E-state index in [-0.39, 0.29) is 28.7 Å². The molecular formula is C13H10N4O7. The number of anilines is 2. The van der Waals surface area contributed by atoms with Crippen LogP contribution in [0.25, 0.3) is 0 Å². The molecule has 11 heteroatoms. The maximum absolute atomic E-state index is 10.8. The van der Waals surface area contributed by atoms with Gasteiger partial charge in [0, 0.05) is 18.2 Å². The van der Waals surface area contributed by atoms with Gasteiger partial charge in [-0.25, -0.2) is 14.6 Å². The number of aromatic nitrogens is 1. The molecule has 0 atom stereocenters. The van der Waals surface area contributed by atoms with Crippen molar-refractivity contribution in [3.05, 3.63) is 46.6 Å². The van der Waals surface area contributed by atoms with E-state index in [9.17, 15) is 19.7 Å². The molecule has 0 saturated heterocycles. The van der Waals surface area contributed by atoms with Crippen molar-refractivity contribution < 1.29 is 29.5 Å². The van der Waals surface area contributed by atoms with Crippen molar-refractivity contribution in [3.63, 3.8) is 0 Å². The van der Waals surface area contributed by atoms with Crippen LogP contribution in [0.5, 0.6) is 11.6 Å². The number of carboxylic acid groups (broad SMARTS) is 2. The summed E-state index contributed by atoms with van der Waals surface area (Å²) < 4.78 is 5.35. The summed E-state index contributed by atoms with van der Waals surface area (Å²) in [6, 6.07) is 6.37. The molecule has 1 aromatic heterocycles. The van der Waals surface area contributed by atoms with Gasteiger partial charge in [-0.15, -0.1) is 0 Å². The highest BCUT2D eigenvalue weighted by molar-refractivity contribution is 5.94. The second-order valence-electron chi connectivity index (χ2n) is 4.28. The molecule has 0 unspecified atom stereocenters. The molecule has 0 radical (unpaired) electrons. The van der Waals surface area contributed by atoms with E-state index >= 15 is 0 Å².